The van der Waals surface area contributed by atoms with Gasteiger partial charge in [0, 0.05) is 88.9 Å². The number of H-pyrrole nitrogens is 3. The average Bonchev–Trinajstić information content (AvgIpc) is 2.22. The van der Waals surface area contributed by atoms with Crippen LogP contribution in [0.5, 0.6) is 0 Å². The van der Waals surface area contributed by atoms with Crippen LogP contribution in [0.4, 0.5) is 0 Å². The van der Waals surface area contributed by atoms with Gasteiger partial charge in [0.05, 0.1) is 6.42 Å². The number of rotatable bonds is 32. The maximum Gasteiger partial charge on any atom is 0.326 e. The number of carboxylic acid groups (broad SMARTS) is 2. The molecule has 23 nitrogen and oxygen atoms in total. The zero-order valence-corrected chi connectivity index (χ0v) is 52.1. The number of para-hydroxylation sites is 3. The van der Waals surface area contributed by atoms with Gasteiger partial charge in [-0.05, 0) is 76.8 Å². The zero-order valence-electron chi connectivity index (χ0n) is 51.3. The van der Waals surface area contributed by atoms with E-state index in [0.29, 0.717) is 40.1 Å². The first kappa shape index (κ1) is 68.0. The number of amides is 8. The molecule has 3 aromatic heterocycles. The first-order valence-electron chi connectivity index (χ1n) is 30.2. The molecule has 478 valence electrons. The summed E-state index contributed by atoms with van der Waals surface area (Å²) in [5.41, 5.74) is 4.76. The van der Waals surface area contributed by atoms with Crippen LogP contribution >= 0.6 is 11.6 Å². The molecule has 10 atom stereocenters. The van der Waals surface area contributed by atoms with Crippen LogP contribution in [0.3, 0.4) is 0 Å². The third-order valence-electron chi connectivity index (χ3n) is 16.1. The number of fused-ring (bicyclic) bond motifs is 3. The predicted molar refractivity (Wildman–Crippen MR) is 341 cm³/mol. The van der Waals surface area contributed by atoms with Crippen molar-refractivity contribution in [2.45, 2.75) is 148 Å². The Labute approximate surface area is 525 Å². The number of benzene rings is 4. The highest BCUT2D eigenvalue weighted by atomic mass is 35.5. The SMILES string of the molecule is CC[C@H](C)[C@H](NC(=O)[C@H](CC(=O)O)NC(=O)[C@H](CC(C)C)NC(=O)[C@@H](Cc1c[nH]c2ccccc12)NC(=O)[C@@H](Cc1c[nH]c2ccccc12)NC(=O)[C@H](Cc1cccc(Cl)c1)NC(C)=O)C(=O)N[C@H](C(=O)N[C@@H](Cc1c[nH]c2ccccc12)C(=O)O)[C@@H](C)CC. The van der Waals surface area contributed by atoms with Gasteiger partial charge in [-0.2, -0.15) is 0 Å². The smallest absolute Gasteiger partial charge is 0.326 e. The average molecular weight is 1250 g/mol. The van der Waals surface area contributed by atoms with Crippen molar-refractivity contribution in [1.29, 1.82) is 0 Å². The lowest BCUT2D eigenvalue weighted by Crippen LogP contribution is -2.62. The molecule has 0 unspecified atom stereocenters. The minimum Gasteiger partial charge on any atom is -0.481 e. The van der Waals surface area contributed by atoms with Crippen molar-refractivity contribution in [1.82, 2.24) is 57.5 Å². The van der Waals surface area contributed by atoms with Gasteiger partial charge in [-0.15, -0.1) is 0 Å². The number of halogens is 1. The Morgan fingerprint density at radius 1 is 0.444 bits per heavy atom. The van der Waals surface area contributed by atoms with Gasteiger partial charge in [0.1, 0.15) is 48.3 Å². The number of aromatic amines is 3. The molecule has 0 saturated carbocycles. The Morgan fingerprint density at radius 2 is 0.822 bits per heavy atom. The lowest BCUT2D eigenvalue weighted by atomic mass is 9.94. The van der Waals surface area contributed by atoms with Crippen LogP contribution in [0.25, 0.3) is 32.7 Å². The number of carbonyl (C=O) groups excluding carboxylic acids is 8. The normalized spacial score (nSPS) is 14.8. The van der Waals surface area contributed by atoms with Gasteiger partial charge >= 0.3 is 11.9 Å². The summed E-state index contributed by atoms with van der Waals surface area (Å²) in [6.45, 7) is 11.7. The molecule has 0 radical (unpaired) electrons. The summed E-state index contributed by atoms with van der Waals surface area (Å²) in [5.74, 6) is -10.8. The molecule has 24 heteroatoms. The molecular formula is C66H80ClN11O12. The van der Waals surface area contributed by atoms with E-state index in [1.807, 2.05) is 60.7 Å². The maximum atomic E-state index is 15.0. The summed E-state index contributed by atoms with van der Waals surface area (Å²) < 4.78 is 0. The van der Waals surface area contributed by atoms with Crippen molar-refractivity contribution in [3.63, 3.8) is 0 Å². The number of aromatic nitrogens is 3. The molecule has 0 aliphatic carbocycles. The van der Waals surface area contributed by atoms with Crippen LogP contribution in [0.1, 0.15) is 96.4 Å². The molecule has 0 aliphatic rings. The Morgan fingerprint density at radius 3 is 1.24 bits per heavy atom. The summed E-state index contributed by atoms with van der Waals surface area (Å²) in [6, 6.07) is 17.3. The van der Waals surface area contributed by atoms with Crippen LogP contribution in [-0.4, -0.2) is 133 Å². The van der Waals surface area contributed by atoms with Crippen molar-refractivity contribution in [2.24, 2.45) is 17.8 Å². The van der Waals surface area contributed by atoms with Crippen LogP contribution in [-0.2, 0) is 73.6 Å². The molecule has 0 aliphatic heterocycles. The fraction of sp³-hybridized carbons (Fsp3) is 0.394. The topological polar surface area (TPSA) is 355 Å². The standard InChI is InChI=1S/C66H80ClN11O12/c1-8-36(5)57(64(87)76-55(66(89)90)30-42-34-70-49-24-15-12-21-46(42)49)78-65(88)58(37(6)9-2)77-63(86)54(31-56(80)81)75-59(82)50(25-35(3)4)72-61(84)52(28-40-32-68-47-22-13-10-19-44(40)47)74-62(85)53(29-41-33-69-48-23-14-11-20-45(41)48)73-60(83)51(71-38(7)79)27-39-17-16-18-43(67)26-39/h10-24,26,32-37,50-55,57-58,68-70H,8-9,25,27-31H2,1-7H3,(H,71,79)(H,72,84)(H,73,83)(H,74,85)(H,75,82)(H,76,87)(H,77,86)(H,78,88)(H,80,81)(H,89,90)/t36-,37-,50-,51-,52+,53+,54-,55-,57-,58-/m0/s1. The van der Waals surface area contributed by atoms with E-state index >= 15 is 9.59 Å². The Kier molecular flexibility index (Phi) is 23.9. The van der Waals surface area contributed by atoms with E-state index in [9.17, 15) is 48.6 Å². The van der Waals surface area contributed by atoms with E-state index in [4.69, 9.17) is 11.6 Å². The van der Waals surface area contributed by atoms with Gasteiger partial charge < -0.3 is 67.7 Å². The number of hydrogen-bond donors (Lipinski definition) is 13. The molecule has 8 amide bonds. The molecule has 0 saturated heterocycles. The summed E-state index contributed by atoms with van der Waals surface area (Å²) in [7, 11) is 0. The summed E-state index contributed by atoms with van der Waals surface area (Å²) in [6.07, 6.45) is 4.39. The van der Waals surface area contributed by atoms with E-state index in [-0.39, 0.29) is 38.0 Å². The van der Waals surface area contributed by atoms with E-state index in [2.05, 4.69) is 57.5 Å². The molecule has 0 bridgehead atoms. The largest absolute Gasteiger partial charge is 0.481 e. The van der Waals surface area contributed by atoms with Crippen molar-refractivity contribution < 1.29 is 58.2 Å². The third-order valence-corrected chi connectivity index (χ3v) is 16.4. The van der Waals surface area contributed by atoms with Crippen molar-refractivity contribution in [2.75, 3.05) is 0 Å². The number of aliphatic carboxylic acids is 2. The first-order chi connectivity index (χ1) is 42.9. The van der Waals surface area contributed by atoms with Gasteiger partial charge in [0.2, 0.25) is 47.3 Å². The molecule has 0 fully saturated rings. The highest BCUT2D eigenvalue weighted by Gasteiger charge is 2.38. The third kappa shape index (κ3) is 18.3. The first-order valence-corrected chi connectivity index (χ1v) is 30.5. The molecule has 0 spiro atoms. The second kappa shape index (κ2) is 31.6. The van der Waals surface area contributed by atoms with Gasteiger partial charge in [-0.3, -0.25) is 43.2 Å². The minimum absolute atomic E-state index is 0.00634. The second-order valence-electron chi connectivity index (χ2n) is 23.4. The molecule has 90 heavy (non-hydrogen) atoms. The van der Waals surface area contributed by atoms with Crippen molar-refractivity contribution in [3.8, 4) is 0 Å². The van der Waals surface area contributed by atoms with E-state index in [0.717, 1.165) is 32.7 Å². The van der Waals surface area contributed by atoms with Crippen molar-refractivity contribution in [3.05, 3.63) is 143 Å². The second-order valence-corrected chi connectivity index (χ2v) is 23.8. The van der Waals surface area contributed by atoms with Gasteiger partial charge in [-0.1, -0.05) is 133 Å². The highest BCUT2D eigenvalue weighted by Crippen LogP contribution is 2.24. The van der Waals surface area contributed by atoms with E-state index < -0.39 is 126 Å². The number of nitrogens with one attached hydrogen (secondary N) is 11. The quantitative estimate of drug-likeness (QED) is 0.0243. The van der Waals surface area contributed by atoms with Crippen LogP contribution in [0, 0.1) is 17.8 Å². The Balaban J connectivity index is 1.13. The fourth-order valence-corrected chi connectivity index (χ4v) is 11.1. The summed E-state index contributed by atoms with van der Waals surface area (Å²) >= 11 is 6.29. The summed E-state index contributed by atoms with van der Waals surface area (Å²) in [4.78, 5) is 149. The predicted octanol–water partition coefficient (Wildman–Crippen LogP) is 5.65. The van der Waals surface area contributed by atoms with E-state index in [1.54, 1.807) is 96.5 Å². The number of carboxylic acids is 2. The summed E-state index contributed by atoms with van der Waals surface area (Å²) in [5, 5.41) is 44.6. The Bertz CT molecular complexity index is 3730. The minimum atomic E-state index is -1.83. The molecule has 4 aromatic carbocycles. The van der Waals surface area contributed by atoms with Gasteiger partial charge in [0.25, 0.3) is 0 Å². The lowest BCUT2D eigenvalue weighted by Gasteiger charge is -2.31. The maximum absolute atomic E-state index is 15.0. The Hall–Kier alpha value is -9.51. The lowest BCUT2D eigenvalue weighted by molar-refractivity contribution is -0.142. The molecule has 13 N–H and O–H groups in total. The monoisotopic (exact) mass is 1250 g/mol. The molecular weight excluding hydrogens is 1170 g/mol. The number of carbonyl (C=O) groups is 10. The van der Waals surface area contributed by atoms with Gasteiger partial charge in [-0.25, -0.2) is 4.79 Å². The van der Waals surface area contributed by atoms with Crippen LogP contribution < -0.4 is 42.5 Å². The van der Waals surface area contributed by atoms with E-state index in [1.165, 1.54) is 6.92 Å². The zero-order chi connectivity index (χ0) is 65.3. The van der Waals surface area contributed by atoms with Gasteiger partial charge in [0.15, 0.2) is 0 Å². The van der Waals surface area contributed by atoms with Crippen LogP contribution in [0.15, 0.2) is 116 Å². The fourth-order valence-electron chi connectivity index (χ4n) is 10.9. The highest BCUT2D eigenvalue weighted by molar-refractivity contribution is 6.30. The van der Waals surface area contributed by atoms with Crippen molar-refractivity contribution >= 4 is 104 Å². The molecule has 7 aromatic rings. The van der Waals surface area contributed by atoms with Crippen LogP contribution in [0.2, 0.25) is 5.02 Å². The number of hydrogen-bond acceptors (Lipinski definition) is 10. The molecule has 7 rings (SSSR count). The molecule has 3 heterocycles.